The molecule has 2 nitrogen and oxygen atoms in total. The molecule has 0 bridgehead atoms. The highest BCUT2D eigenvalue weighted by molar-refractivity contribution is 9.10. The Morgan fingerprint density at radius 2 is 1.93 bits per heavy atom. The molecule has 0 aromatic heterocycles. The predicted molar refractivity (Wildman–Crippen MR) is 70.4 cm³/mol. The molecule has 0 heterocycles. The largest absolute Gasteiger partial charge is 0.330 e. The molecular formula is C11H16BrNOS. The zero-order valence-corrected chi connectivity index (χ0v) is 11.0. The third kappa shape index (κ3) is 6.20. The van der Waals surface area contributed by atoms with Crippen LogP contribution in [0.5, 0.6) is 0 Å². The van der Waals surface area contributed by atoms with Crippen molar-refractivity contribution >= 4 is 28.0 Å². The Morgan fingerprint density at radius 1 is 1.20 bits per heavy atom. The lowest BCUT2D eigenvalue weighted by atomic mass is 10.1. The Morgan fingerprint density at radius 3 is 2.60 bits per heavy atom. The molecule has 0 aliphatic carbocycles. The van der Waals surface area contributed by atoms with Crippen LogP contribution in [0.2, 0.25) is 0 Å². The summed E-state index contributed by atoms with van der Waals surface area (Å²) >= 11 is 4.33. The predicted octanol–water partition coefficient (Wildman–Crippen LogP) is 3.18. The van der Waals surface area contributed by atoms with Crippen LogP contribution in [0.25, 0.3) is 0 Å². The van der Waals surface area contributed by atoms with Crippen molar-refractivity contribution in [1.29, 1.82) is 0 Å². The highest BCUT2D eigenvalue weighted by Crippen LogP contribution is 2.10. The molecule has 0 saturated carbocycles. The van der Waals surface area contributed by atoms with Gasteiger partial charge in [-0.05, 0) is 55.7 Å². The summed E-state index contributed by atoms with van der Waals surface area (Å²) in [7, 11) is 0. The molecule has 0 saturated heterocycles. The molecule has 15 heavy (non-hydrogen) atoms. The highest BCUT2D eigenvalue weighted by atomic mass is 79.9. The van der Waals surface area contributed by atoms with Crippen LogP contribution in [0, 0.1) is 0 Å². The third-order valence-corrected chi connectivity index (χ3v) is 3.09. The van der Waals surface area contributed by atoms with E-state index in [0.29, 0.717) is 0 Å². The van der Waals surface area contributed by atoms with Crippen molar-refractivity contribution in [2.75, 3.05) is 18.8 Å². The van der Waals surface area contributed by atoms with Gasteiger partial charge in [-0.1, -0.05) is 28.1 Å². The van der Waals surface area contributed by atoms with Gasteiger partial charge in [-0.3, -0.25) is 0 Å². The van der Waals surface area contributed by atoms with E-state index >= 15 is 0 Å². The fraction of sp³-hybridized carbons (Fsp3) is 0.455. The van der Waals surface area contributed by atoms with Crippen molar-refractivity contribution in [3.63, 3.8) is 0 Å². The Bertz CT molecular complexity index is 266. The van der Waals surface area contributed by atoms with E-state index in [1.54, 1.807) is 0 Å². The number of halogens is 1. The van der Waals surface area contributed by atoms with Gasteiger partial charge in [0.25, 0.3) is 0 Å². The first kappa shape index (κ1) is 13.0. The van der Waals surface area contributed by atoms with E-state index in [-0.39, 0.29) is 0 Å². The molecule has 1 rings (SSSR count). The second-order valence-electron chi connectivity index (χ2n) is 3.31. The van der Waals surface area contributed by atoms with Crippen LogP contribution in [-0.4, -0.2) is 23.4 Å². The standard InChI is InChI=1S/C11H16BrNOS/c12-11-4-2-10(3-5-11)6-8-13-7-1-9-15-14/h2-5,13-14H,1,6-9H2. The fourth-order valence-electron chi connectivity index (χ4n) is 1.27. The van der Waals surface area contributed by atoms with E-state index in [4.69, 9.17) is 4.55 Å². The smallest absolute Gasteiger partial charge is 0.0207 e. The molecule has 4 heteroatoms. The molecule has 2 N–H and O–H groups in total. The van der Waals surface area contributed by atoms with Crippen molar-refractivity contribution in [2.45, 2.75) is 12.8 Å². The van der Waals surface area contributed by atoms with Crippen LogP contribution >= 0.6 is 28.0 Å². The van der Waals surface area contributed by atoms with Gasteiger partial charge in [-0.15, -0.1) is 0 Å². The fourth-order valence-corrected chi connectivity index (χ4v) is 1.81. The number of nitrogens with one attached hydrogen (secondary N) is 1. The van der Waals surface area contributed by atoms with E-state index in [1.165, 1.54) is 5.56 Å². The van der Waals surface area contributed by atoms with Crippen LogP contribution < -0.4 is 5.32 Å². The monoisotopic (exact) mass is 289 g/mol. The maximum Gasteiger partial charge on any atom is 0.0207 e. The van der Waals surface area contributed by atoms with Crippen LogP contribution in [0.4, 0.5) is 0 Å². The molecule has 0 aliphatic rings. The Balaban J connectivity index is 2.07. The lowest BCUT2D eigenvalue weighted by Crippen LogP contribution is -2.18. The van der Waals surface area contributed by atoms with E-state index in [0.717, 1.165) is 48.2 Å². The van der Waals surface area contributed by atoms with Crippen LogP contribution in [0.3, 0.4) is 0 Å². The first-order valence-electron chi connectivity index (χ1n) is 5.04. The van der Waals surface area contributed by atoms with E-state index in [2.05, 4.69) is 45.5 Å². The van der Waals surface area contributed by atoms with Crippen molar-refractivity contribution in [1.82, 2.24) is 5.32 Å². The van der Waals surface area contributed by atoms with E-state index < -0.39 is 0 Å². The molecule has 0 atom stereocenters. The van der Waals surface area contributed by atoms with Gasteiger partial charge >= 0.3 is 0 Å². The zero-order valence-electron chi connectivity index (χ0n) is 8.58. The number of rotatable bonds is 7. The first-order valence-corrected chi connectivity index (χ1v) is 6.78. The van der Waals surface area contributed by atoms with Crippen molar-refractivity contribution < 1.29 is 4.55 Å². The molecule has 0 aliphatic heterocycles. The molecule has 0 spiro atoms. The molecule has 0 unspecified atom stereocenters. The topological polar surface area (TPSA) is 32.3 Å². The van der Waals surface area contributed by atoms with E-state index in [9.17, 15) is 0 Å². The molecule has 1 aromatic carbocycles. The summed E-state index contributed by atoms with van der Waals surface area (Å²) in [6, 6.07) is 8.40. The lowest BCUT2D eigenvalue weighted by molar-refractivity contribution is 0.645. The molecular weight excluding hydrogens is 274 g/mol. The summed E-state index contributed by atoms with van der Waals surface area (Å²) in [5.41, 5.74) is 1.35. The van der Waals surface area contributed by atoms with Gasteiger partial charge in [-0.25, -0.2) is 0 Å². The van der Waals surface area contributed by atoms with Crippen LogP contribution in [-0.2, 0) is 6.42 Å². The summed E-state index contributed by atoms with van der Waals surface area (Å²) in [4.78, 5) is 0. The minimum absolute atomic E-state index is 0.811. The maximum atomic E-state index is 8.51. The Kier molecular flexibility index (Phi) is 7.09. The summed E-state index contributed by atoms with van der Waals surface area (Å²) < 4.78 is 9.64. The molecule has 84 valence electrons. The maximum absolute atomic E-state index is 8.51. The van der Waals surface area contributed by atoms with Crippen LogP contribution in [0.1, 0.15) is 12.0 Å². The second-order valence-corrected chi connectivity index (χ2v) is 4.90. The molecule has 0 radical (unpaired) electrons. The summed E-state index contributed by atoms with van der Waals surface area (Å²) in [6.45, 7) is 1.97. The molecule has 0 amide bonds. The Hall–Kier alpha value is -0.0300. The average molecular weight is 290 g/mol. The van der Waals surface area contributed by atoms with Crippen molar-refractivity contribution in [2.24, 2.45) is 0 Å². The zero-order chi connectivity index (χ0) is 10.9. The number of benzene rings is 1. The Labute approximate surface area is 104 Å². The van der Waals surface area contributed by atoms with Gasteiger partial charge in [0, 0.05) is 10.2 Å². The quantitative estimate of drug-likeness (QED) is 0.597. The molecule has 0 fully saturated rings. The minimum atomic E-state index is 0.811. The first-order chi connectivity index (χ1) is 7.33. The SMILES string of the molecule is OSCCCNCCc1ccc(Br)cc1. The summed E-state index contributed by atoms with van der Waals surface area (Å²) in [6.07, 6.45) is 2.07. The van der Waals surface area contributed by atoms with Gasteiger partial charge < -0.3 is 9.87 Å². The van der Waals surface area contributed by atoms with Crippen LogP contribution in [0.15, 0.2) is 28.7 Å². The summed E-state index contributed by atoms with van der Waals surface area (Å²) in [5.74, 6) is 0.811. The minimum Gasteiger partial charge on any atom is -0.330 e. The van der Waals surface area contributed by atoms with Crippen molar-refractivity contribution in [3.05, 3.63) is 34.3 Å². The molecule has 1 aromatic rings. The van der Waals surface area contributed by atoms with Gasteiger partial charge in [0.05, 0.1) is 0 Å². The van der Waals surface area contributed by atoms with E-state index in [1.807, 2.05) is 0 Å². The highest BCUT2D eigenvalue weighted by Gasteiger charge is 1.93. The number of hydrogen-bond acceptors (Lipinski definition) is 3. The van der Waals surface area contributed by atoms with Gasteiger partial charge in [0.1, 0.15) is 0 Å². The van der Waals surface area contributed by atoms with Gasteiger partial charge in [-0.2, -0.15) is 0 Å². The second kappa shape index (κ2) is 8.16. The number of hydrogen-bond donors (Lipinski definition) is 2. The summed E-state index contributed by atoms with van der Waals surface area (Å²) in [5, 5.41) is 3.35. The normalized spacial score (nSPS) is 10.5. The third-order valence-electron chi connectivity index (χ3n) is 2.09. The van der Waals surface area contributed by atoms with Gasteiger partial charge in [0.15, 0.2) is 0 Å². The van der Waals surface area contributed by atoms with Crippen molar-refractivity contribution in [3.8, 4) is 0 Å². The average Bonchev–Trinajstić information content (AvgIpc) is 2.26. The lowest BCUT2D eigenvalue weighted by Gasteiger charge is -2.04. The van der Waals surface area contributed by atoms with Gasteiger partial charge in [0.2, 0.25) is 0 Å².